The highest BCUT2D eigenvalue weighted by Gasteiger charge is 2.08. The minimum Gasteiger partial charge on any atom is -0.740 e. The Labute approximate surface area is 168 Å². The average molecular weight is 412 g/mol. The van der Waals surface area contributed by atoms with Crippen LogP contribution in [0.3, 0.4) is 0 Å². The van der Waals surface area contributed by atoms with Gasteiger partial charge in [0.1, 0.15) is 22.9 Å². The molecule has 0 amide bonds. The van der Waals surface area contributed by atoms with Crippen molar-refractivity contribution in [2.24, 2.45) is 0 Å². The van der Waals surface area contributed by atoms with Crippen molar-refractivity contribution in [2.75, 3.05) is 0 Å². The molecule has 1 atom stereocenters. The molecule has 0 saturated carbocycles. The molecule has 0 N–H and O–H groups in total. The fourth-order valence-corrected chi connectivity index (χ4v) is 3.48. The van der Waals surface area contributed by atoms with Crippen molar-refractivity contribution in [1.29, 1.82) is 0 Å². The Bertz CT molecular complexity index is 1190. The third-order valence-corrected chi connectivity index (χ3v) is 5.01. The van der Waals surface area contributed by atoms with E-state index in [4.69, 9.17) is 11.6 Å². The Hall–Kier alpha value is -2.73. The molecule has 1 unspecified atom stereocenters. The van der Waals surface area contributed by atoms with Gasteiger partial charge in [-0.15, -0.1) is 0 Å². The molecule has 0 aromatic heterocycles. The van der Waals surface area contributed by atoms with Crippen molar-refractivity contribution in [1.82, 2.24) is 0 Å². The number of halogens is 2. The summed E-state index contributed by atoms with van der Waals surface area (Å²) in [5.41, 5.74) is 2.87. The largest absolute Gasteiger partial charge is 0.740 e. The van der Waals surface area contributed by atoms with Crippen LogP contribution in [0.4, 0.5) is 4.39 Å². The maximum Gasteiger partial charge on any atom is 0.139 e. The maximum atomic E-state index is 14.7. The maximum absolute atomic E-state index is 14.7. The van der Waals surface area contributed by atoms with E-state index in [2.05, 4.69) is 4.18 Å². The van der Waals surface area contributed by atoms with Crippen molar-refractivity contribution in [3.05, 3.63) is 89.7 Å². The van der Waals surface area contributed by atoms with E-state index in [1.54, 1.807) is 48.5 Å². The summed E-state index contributed by atoms with van der Waals surface area (Å²) in [6.45, 7) is 0. The fourth-order valence-electron chi connectivity index (χ4n) is 3.09. The van der Waals surface area contributed by atoms with Gasteiger partial charge in [0.05, 0.1) is 0 Å². The normalized spacial score (nSPS) is 12.1. The van der Waals surface area contributed by atoms with Gasteiger partial charge in [0, 0.05) is 10.6 Å². The lowest BCUT2D eigenvalue weighted by Crippen LogP contribution is -1.97. The van der Waals surface area contributed by atoms with Crippen LogP contribution in [-0.4, -0.2) is 8.76 Å². The van der Waals surface area contributed by atoms with Gasteiger partial charge in [0.25, 0.3) is 0 Å². The molecule has 3 nitrogen and oxygen atoms in total. The van der Waals surface area contributed by atoms with Gasteiger partial charge in [-0.1, -0.05) is 54.1 Å². The third-order valence-electron chi connectivity index (χ3n) is 4.43. The Morgan fingerprint density at radius 1 is 0.786 bits per heavy atom. The Morgan fingerprint density at radius 3 is 2.11 bits per heavy atom. The highest BCUT2D eigenvalue weighted by atomic mass is 35.5. The van der Waals surface area contributed by atoms with Gasteiger partial charge in [-0.25, -0.2) is 8.60 Å². The first-order valence-electron chi connectivity index (χ1n) is 8.37. The molecule has 0 aliphatic carbocycles. The van der Waals surface area contributed by atoms with Crippen LogP contribution in [0.5, 0.6) is 5.75 Å². The number of hydrogen-bond donors (Lipinski definition) is 0. The van der Waals surface area contributed by atoms with E-state index in [0.717, 1.165) is 27.5 Å². The molecule has 4 rings (SSSR count). The standard InChI is InChI=1S/C22H14ClFO3S/c23-19-7-3-14(4-8-19)21-10-6-18(13-22(21)24)15-1-2-17-12-20(27-28(25)26)9-5-16(17)11-15/h1-13H,(H,25,26)/p-1. The zero-order chi connectivity index (χ0) is 19.7. The predicted molar refractivity (Wildman–Crippen MR) is 109 cm³/mol. The van der Waals surface area contributed by atoms with Gasteiger partial charge < -0.3 is 8.74 Å². The molecule has 0 bridgehead atoms. The highest BCUT2D eigenvalue weighted by Crippen LogP contribution is 2.31. The second kappa shape index (κ2) is 7.72. The summed E-state index contributed by atoms with van der Waals surface area (Å²) in [6.07, 6.45) is 0. The Morgan fingerprint density at radius 2 is 1.39 bits per heavy atom. The third kappa shape index (κ3) is 3.92. The second-order valence-electron chi connectivity index (χ2n) is 6.21. The number of fused-ring (bicyclic) bond motifs is 1. The molecule has 0 aliphatic heterocycles. The molecule has 0 aliphatic rings. The summed E-state index contributed by atoms with van der Waals surface area (Å²) in [5.74, 6) is -0.0754. The molecule has 0 radical (unpaired) electrons. The molecule has 140 valence electrons. The minimum absolute atomic E-state index is 0.243. The van der Waals surface area contributed by atoms with Gasteiger partial charge in [0.15, 0.2) is 0 Å². The summed E-state index contributed by atoms with van der Waals surface area (Å²) >= 11 is 3.28. The van der Waals surface area contributed by atoms with Crippen molar-refractivity contribution in [3.63, 3.8) is 0 Å². The SMILES string of the molecule is O=S([O-])Oc1ccc2cc(-c3ccc(-c4ccc(Cl)cc4)c(F)c3)ccc2c1. The second-order valence-corrected chi connectivity index (χ2v) is 7.22. The molecule has 6 heteroatoms. The monoisotopic (exact) mass is 411 g/mol. The van der Waals surface area contributed by atoms with Gasteiger partial charge in [-0.05, 0) is 63.9 Å². The van der Waals surface area contributed by atoms with Crippen LogP contribution < -0.4 is 4.18 Å². The van der Waals surface area contributed by atoms with Crippen molar-refractivity contribution in [2.45, 2.75) is 0 Å². The summed E-state index contributed by atoms with van der Waals surface area (Å²) in [7, 11) is 0. The van der Waals surface area contributed by atoms with Gasteiger partial charge in [-0.3, -0.25) is 0 Å². The van der Waals surface area contributed by atoms with E-state index in [-0.39, 0.29) is 11.6 Å². The number of hydrogen-bond acceptors (Lipinski definition) is 3. The van der Waals surface area contributed by atoms with Gasteiger partial charge in [-0.2, -0.15) is 0 Å². The van der Waals surface area contributed by atoms with Gasteiger partial charge in [0.2, 0.25) is 0 Å². The summed E-state index contributed by atoms with van der Waals surface area (Å²) in [6, 6.07) is 22.7. The minimum atomic E-state index is -2.61. The molecule has 4 aromatic rings. The summed E-state index contributed by atoms with van der Waals surface area (Å²) < 4.78 is 40.7. The first-order chi connectivity index (χ1) is 13.5. The first kappa shape index (κ1) is 18.6. The lowest BCUT2D eigenvalue weighted by Gasteiger charge is -2.10. The van der Waals surface area contributed by atoms with E-state index in [9.17, 15) is 13.2 Å². The van der Waals surface area contributed by atoms with E-state index in [1.807, 2.05) is 24.3 Å². The van der Waals surface area contributed by atoms with Crippen LogP contribution in [0.2, 0.25) is 5.02 Å². The number of rotatable bonds is 4. The van der Waals surface area contributed by atoms with E-state index in [0.29, 0.717) is 10.6 Å². The molecule has 0 heterocycles. The zero-order valence-corrected chi connectivity index (χ0v) is 16.0. The highest BCUT2D eigenvalue weighted by molar-refractivity contribution is 7.74. The Kier molecular flexibility index (Phi) is 5.13. The summed E-state index contributed by atoms with van der Waals surface area (Å²) in [4.78, 5) is 0. The summed E-state index contributed by atoms with van der Waals surface area (Å²) in [5, 5.41) is 2.32. The number of benzene rings is 4. The van der Waals surface area contributed by atoms with Crippen LogP contribution in [0.25, 0.3) is 33.0 Å². The van der Waals surface area contributed by atoms with Crippen LogP contribution in [-0.2, 0) is 11.4 Å². The molecular weight excluding hydrogens is 399 g/mol. The fraction of sp³-hybridized carbons (Fsp3) is 0. The quantitative estimate of drug-likeness (QED) is 0.379. The smallest absolute Gasteiger partial charge is 0.139 e. The zero-order valence-electron chi connectivity index (χ0n) is 14.4. The molecule has 0 fully saturated rings. The van der Waals surface area contributed by atoms with E-state index in [1.165, 1.54) is 6.07 Å². The topological polar surface area (TPSA) is 49.4 Å². The van der Waals surface area contributed by atoms with E-state index < -0.39 is 11.4 Å². The van der Waals surface area contributed by atoms with Crippen molar-refractivity contribution < 1.29 is 17.3 Å². The lowest BCUT2D eigenvalue weighted by atomic mass is 9.98. The van der Waals surface area contributed by atoms with Crippen LogP contribution >= 0.6 is 11.6 Å². The molecule has 4 aromatic carbocycles. The van der Waals surface area contributed by atoms with Crippen LogP contribution in [0.1, 0.15) is 0 Å². The van der Waals surface area contributed by atoms with Crippen LogP contribution in [0, 0.1) is 5.82 Å². The molecular formula is C22H13ClFO3S-. The average Bonchev–Trinajstić information content (AvgIpc) is 2.68. The molecule has 28 heavy (non-hydrogen) atoms. The van der Waals surface area contributed by atoms with Gasteiger partial charge >= 0.3 is 0 Å². The van der Waals surface area contributed by atoms with Crippen LogP contribution in [0.15, 0.2) is 78.9 Å². The van der Waals surface area contributed by atoms with Crippen molar-refractivity contribution in [3.8, 4) is 28.0 Å². The Balaban J connectivity index is 1.68. The van der Waals surface area contributed by atoms with E-state index >= 15 is 0 Å². The lowest BCUT2D eigenvalue weighted by molar-refractivity contribution is 0.440. The molecule has 0 saturated heterocycles. The molecule has 0 spiro atoms. The van der Waals surface area contributed by atoms with Crippen molar-refractivity contribution >= 4 is 33.7 Å². The predicted octanol–water partition coefficient (Wildman–Crippen LogP) is 6.14. The first-order valence-corrected chi connectivity index (χ1v) is 9.75.